The van der Waals surface area contributed by atoms with Crippen molar-refractivity contribution in [3.63, 3.8) is 0 Å². The lowest BCUT2D eigenvalue weighted by atomic mass is 9.98. The predicted octanol–water partition coefficient (Wildman–Crippen LogP) is 0.749. The molecule has 2 heterocycles. The van der Waals surface area contributed by atoms with E-state index in [2.05, 4.69) is 16.4 Å². The van der Waals surface area contributed by atoms with Gasteiger partial charge in [0.05, 0.1) is 6.54 Å². The van der Waals surface area contributed by atoms with E-state index in [0.717, 1.165) is 19.5 Å². The molecule has 0 aromatic heterocycles. The van der Waals surface area contributed by atoms with Crippen molar-refractivity contribution < 1.29 is 0 Å². The van der Waals surface area contributed by atoms with Crippen LogP contribution < -0.4 is 5.32 Å². The summed E-state index contributed by atoms with van der Waals surface area (Å²) in [5.74, 6) is 0. The fraction of sp³-hybridized carbons (Fsp3) is 0.625. The molecule has 0 aromatic carbocycles. The maximum atomic E-state index is 4.23. The standard InChI is InChI=1S/C8H12N2/c1-2-7-6-9-5-3-8(7)10-4-1/h2,5,8,10H,1,3-4,6H2. The number of rotatable bonds is 0. The maximum Gasteiger partial charge on any atom is 0.0610 e. The van der Waals surface area contributed by atoms with Crippen molar-refractivity contribution in [1.29, 1.82) is 0 Å². The molecular formula is C8H12N2. The van der Waals surface area contributed by atoms with Crippen molar-refractivity contribution >= 4 is 6.21 Å². The summed E-state index contributed by atoms with van der Waals surface area (Å²) in [5.41, 5.74) is 1.49. The Hall–Kier alpha value is -0.630. The minimum absolute atomic E-state index is 0.617. The second kappa shape index (κ2) is 2.54. The molecule has 0 fully saturated rings. The first kappa shape index (κ1) is 6.10. The maximum absolute atomic E-state index is 4.23. The zero-order chi connectivity index (χ0) is 6.81. The van der Waals surface area contributed by atoms with E-state index in [0.29, 0.717) is 6.04 Å². The number of nitrogens with zero attached hydrogens (tertiary/aromatic N) is 1. The number of fused-ring (bicyclic) bond motifs is 1. The van der Waals surface area contributed by atoms with E-state index in [1.54, 1.807) is 0 Å². The van der Waals surface area contributed by atoms with Crippen molar-refractivity contribution in [3.05, 3.63) is 11.6 Å². The fourth-order valence-electron chi connectivity index (χ4n) is 1.55. The SMILES string of the molecule is C1=NCC2=CCCNC2C1. The largest absolute Gasteiger partial charge is 0.310 e. The van der Waals surface area contributed by atoms with Crippen LogP contribution in [0, 0.1) is 0 Å². The third-order valence-corrected chi connectivity index (χ3v) is 2.13. The van der Waals surface area contributed by atoms with E-state index in [9.17, 15) is 0 Å². The van der Waals surface area contributed by atoms with Gasteiger partial charge in [-0.3, -0.25) is 4.99 Å². The summed E-state index contributed by atoms with van der Waals surface area (Å²) in [5, 5.41) is 3.46. The molecule has 0 saturated heterocycles. The Morgan fingerprint density at radius 2 is 2.60 bits per heavy atom. The van der Waals surface area contributed by atoms with E-state index in [1.807, 2.05) is 6.21 Å². The Labute approximate surface area is 61.0 Å². The summed E-state index contributed by atoms with van der Waals surface area (Å²) in [6.45, 7) is 2.07. The van der Waals surface area contributed by atoms with E-state index in [-0.39, 0.29) is 0 Å². The Balaban J connectivity index is 2.17. The van der Waals surface area contributed by atoms with Crippen LogP contribution >= 0.6 is 0 Å². The van der Waals surface area contributed by atoms with Crippen molar-refractivity contribution in [2.45, 2.75) is 18.9 Å². The molecule has 0 aliphatic carbocycles. The van der Waals surface area contributed by atoms with Gasteiger partial charge in [-0.1, -0.05) is 6.08 Å². The predicted molar refractivity (Wildman–Crippen MR) is 42.5 cm³/mol. The second-order valence-corrected chi connectivity index (χ2v) is 2.83. The van der Waals surface area contributed by atoms with Crippen LogP contribution in [0.25, 0.3) is 0 Å². The highest BCUT2D eigenvalue weighted by atomic mass is 14.9. The van der Waals surface area contributed by atoms with Gasteiger partial charge in [-0.25, -0.2) is 0 Å². The molecule has 0 bridgehead atoms. The summed E-state index contributed by atoms with van der Waals surface area (Å²) in [6, 6.07) is 0.617. The Morgan fingerprint density at radius 3 is 3.50 bits per heavy atom. The first-order chi connectivity index (χ1) is 4.97. The van der Waals surface area contributed by atoms with Crippen LogP contribution in [0.15, 0.2) is 16.6 Å². The van der Waals surface area contributed by atoms with Crippen molar-refractivity contribution in [1.82, 2.24) is 5.32 Å². The third kappa shape index (κ3) is 0.991. The molecule has 0 saturated carbocycles. The summed E-state index contributed by atoms with van der Waals surface area (Å²) < 4.78 is 0. The average Bonchev–Trinajstić information content (AvgIpc) is 2.05. The first-order valence-corrected chi connectivity index (χ1v) is 3.87. The molecule has 2 nitrogen and oxygen atoms in total. The molecule has 2 aliphatic heterocycles. The van der Waals surface area contributed by atoms with E-state index >= 15 is 0 Å². The number of hydrogen-bond acceptors (Lipinski definition) is 2. The Bertz CT molecular complexity index is 182. The van der Waals surface area contributed by atoms with E-state index in [1.165, 1.54) is 12.0 Å². The van der Waals surface area contributed by atoms with E-state index in [4.69, 9.17) is 0 Å². The molecule has 2 heteroatoms. The monoisotopic (exact) mass is 136 g/mol. The molecule has 0 amide bonds. The van der Waals surface area contributed by atoms with Gasteiger partial charge in [0.15, 0.2) is 0 Å². The minimum atomic E-state index is 0.617. The van der Waals surface area contributed by atoms with Gasteiger partial charge in [0.2, 0.25) is 0 Å². The molecule has 0 radical (unpaired) electrons. The smallest absolute Gasteiger partial charge is 0.0610 e. The fourth-order valence-corrected chi connectivity index (χ4v) is 1.55. The van der Waals surface area contributed by atoms with Gasteiger partial charge in [-0.05, 0) is 18.5 Å². The molecule has 10 heavy (non-hydrogen) atoms. The normalized spacial score (nSPS) is 31.2. The molecule has 54 valence electrons. The average molecular weight is 136 g/mol. The summed E-state index contributed by atoms with van der Waals surface area (Å²) in [6.07, 6.45) is 6.63. The number of nitrogens with one attached hydrogen (secondary N) is 1. The summed E-state index contributed by atoms with van der Waals surface area (Å²) in [4.78, 5) is 4.23. The van der Waals surface area contributed by atoms with Crippen LogP contribution in [-0.2, 0) is 0 Å². The highest BCUT2D eigenvalue weighted by Crippen LogP contribution is 2.14. The van der Waals surface area contributed by atoms with Crippen molar-refractivity contribution in [3.8, 4) is 0 Å². The van der Waals surface area contributed by atoms with Gasteiger partial charge < -0.3 is 5.32 Å². The molecule has 1 atom stereocenters. The zero-order valence-corrected chi connectivity index (χ0v) is 6.01. The molecule has 2 aliphatic rings. The lowest BCUT2D eigenvalue weighted by Gasteiger charge is -2.26. The molecule has 0 aromatic rings. The lowest BCUT2D eigenvalue weighted by molar-refractivity contribution is 0.549. The van der Waals surface area contributed by atoms with Crippen LogP contribution in [0.1, 0.15) is 12.8 Å². The number of hydrogen-bond donors (Lipinski definition) is 1. The Morgan fingerprint density at radius 1 is 1.60 bits per heavy atom. The molecule has 1 unspecified atom stereocenters. The minimum Gasteiger partial charge on any atom is -0.310 e. The van der Waals surface area contributed by atoms with Gasteiger partial charge in [-0.15, -0.1) is 0 Å². The van der Waals surface area contributed by atoms with E-state index < -0.39 is 0 Å². The molecule has 0 spiro atoms. The highest BCUT2D eigenvalue weighted by Gasteiger charge is 2.17. The van der Waals surface area contributed by atoms with Crippen molar-refractivity contribution in [2.75, 3.05) is 13.1 Å². The zero-order valence-electron chi connectivity index (χ0n) is 6.01. The molecule has 1 N–H and O–H groups in total. The Kier molecular flexibility index (Phi) is 1.55. The van der Waals surface area contributed by atoms with Gasteiger partial charge in [-0.2, -0.15) is 0 Å². The lowest BCUT2D eigenvalue weighted by Crippen LogP contribution is -2.37. The van der Waals surface area contributed by atoms with Gasteiger partial charge >= 0.3 is 0 Å². The van der Waals surface area contributed by atoms with Crippen LogP contribution in [0.2, 0.25) is 0 Å². The number of aliphatic imine (C=N–C) groups is 1. The summed E-state index contributed by atoms with van der Waals surface area (Å²) >= 11 is 0. The highest BCUT2D eigenvalue weighted by molar-refractivity contribution is 5.61. The molecular weight excluding hydrogens is 124 g/mol. The third-order valence-electron chi connectivity index (χ3n) is 2.13. The first-order valence-electron chi connectivity index (χ1n) is 3.87. The molecule has 2 rings (SSSR count). The quantitative estimate of drug-likeness (QED) is 0.488. The van der Waals surface area contributed by atoms with Crippen LogP contribution in [0.4, 0.5) is 0 Å². The van der Waals surface area contributed by atoms with Crippen LogP contribution in [0.5, 0.6) is 0 Å². The summed E-state index contributed by atoms with van der Waals surface area (Å²) in [7, 11) is 0. The van der Waals surface area contributed by atoms with Gasteiger partial charge in [0, 0.05) is 18.7 Å². The van der Waals surface area contributed by atoms with Crippen LogP contribution in [-0.4, -0.2) is 25.3 Å². The van der Waals surface area contributed by atoms with Crippen molar-refractivity contribution in [2.24, 2.45) is 4.99 Å². The van der Waals surface area contributed by atoms with Gasteiger partial charge in [0.25, 0.3) is 0 Å². The topological polar surface area (TPSA) is 24.4 Å². The second-order valence-electron chi connectivity index (χ2n) is 2.83. The van der Waals surface area contributed by atoms with Gasteiger partial charge in [0.1, 0.15) is 0 Å². The van der Waals surface area contributed by atoms with Crippen LogP contribution in [0.3, 0.4) is 0 Å².